The Hall–Kier alpha value is -4.85. The topological polar surface area (TPSA) is 101 Å². The molecule has 3 aromatic rings. The van der Waals surface area contributed by atoms with E-state index in [4.69, 9.17) is 9.47 Å². The van der Waals surface area contributed by atoms with Crippen LogP contribution < -0.4 is 15.0 Å². The second kappa shape index (κ2) is 14.7. The van der Waals surface area contributed by atoms with Crippen molar-refractivity contribution in [2.75, 3.05) is 24.6 Å². The zero-order valence-corrected chi connectivity index (χ0v) is 24.1. The second-order valence-electron chi connectivity index (χ2n) is 10.3. The lowest BCUT2D eigenvalue weighted by Gasteiger charge is -2.32. The van der Waals surface area contributed by atoms with Gasteiger partial charge in [0.05, 0.1) is 17.9 Å². The number of aliphatic carboxylic acids is 1. The maximum atomic E-state index is 12.7. The molecular weight excluding hydrogens is 530 g/mol. The molecule has 1 fully saturated rings. The molecule has 1 aliphatic rings. The molecule has 0 aliphatic carbocycles. The van der Waals surface area contributed by atoms with Gasteiger partial charge in [0.25, 0.3) is 5.91 Å². The van der Waals surface area contributed by atoms with E-state index in [0.717, 1.165) is 43.1 Å². The Morgan fingerprint density at radius 2 is 1.71 bits per heavy atom. The lowest BCUT2D eigenvalue weighted by Crippen LogP contribution is -2.35. The minimum Gasteiger partial charge on any atom is -0.498 e. The number of aryl methyl sites for hydroxylation is 1. The van der Waals surface area contributed by atoms with Crippen LogP contribution in [0.5, 0.6) is 11.5 Å². The van der Waals surface area contributed by atoms with Gasteiger partial charge in [0.15, 0.2) is 0 Å². The largest absolute Gasteiger partial charge is 0.498 e. The van der Waals surface area contributed by atoms with Gasteiger partial charge in [-0.3, -0.25) is 4.79 Å². The summed E-state index contributed by atoms with van der Waals surface area (Å²) in [6, 6.07) is 18.9. The molecule has 1 aromatic heterocycles. The number of nitrogens with one attached hydrogen (secondary N) is 1. The molecule has 2 aromatic carbocycles. The molecule has 0 bridgehead atoms. The van der Waals surface area contributed by atoms with E-state index in [1.165, 1.54) is 23.8 Å². The van der Waals surface area contributed by atoms with Crippen LogP contribution in [0.2, 0.25) is 0 Å². The average molecular weight is 568 g/mol. The fraction of sp³-hybridized carbons (Fsp3) is 0.265. The van der Waals surface area contributed by atoms with E-state index in [1.807, 2.05) is 43.3 Å². The lowest BCUT2D eigenvalue weighted by atomic mass is 9.98. The number of anilines is 1. The summed E-state index contributed by atoms with van der Waals surface area (Å²) >= 11 is 0. The predicted molar refractivity (Wildman–Crippen MR) is 164 cm³/mol. The number of carboxylic acids is 1. The number of piperidine rings is 1. The van der Waals surface area contributed by atoms with Crippen LogP contribution in [0.1, 0.15) is 41.3 Å². The van der Waals surface area contributed by atoms with Crippen molar-refractivity contribution in [3.63, 3.8) is 0 Å². The van der Waals surface area contributed by atoms with Crippen LogP contribution in [0.15, 0.2) is 103 Å². The molecule has 2 N–H and O–H groups in total. The first kappa shape index (κ1) is 30.1. The Bertz CT molecular complexity index is 1420. The van der Waals surface area contributed by atoms with Gasteiger partial charge in [-0.05, 0) is 92.8 Å². The predicted octanol–water partition coefficient (Wildman–Crippen LogP) is 6.45. The number of pyridine rings is 1. The van der Waals surface area contributed by atoms with Crippen molar-refractivity contribution in [1.82, 2.24) is 10.3 Å². The van der Waals surface area contributed by atoms with Gasteiger partial charge >= 0.3 is 5.97 Å². The summed E-state index contributed by atoms with van der Waals surface area (Å²) in [4.78, 5) is 30.8. The third-order valence-electron chi connectivity index (χ3n) is 7.02. The monoisotopic (exact) mass is 567 g/mol. The van der Waals surface area contributed by atoms with E-state index in [2.05, 4.69) is 21.8 Å². The van der Waals surface area contributed by atoms with Gasteiger partial charge in [-0.15, -0.1) is 0 Å². The molecule has 0 unspecified atom stereocenters. The summed E-state index contributed by atoms with van der Waals surface area (Å²) in [7, 11) is 0. The smallest absolute Gasteiger partial charge is 0.335 e. The van der Waals surface area contributed by atoms with Crippen LogP contribution in [-0.2, 0) is 16.1 Å². The van der Waals surface area contributed by atoms with E-state index in [-0.39, 0.29) is 11.5 Å². The highest BCUT2D eigenvalue weighted by Crippen LogP contribution is 2.24. The van der Waals surface area contributed by atoms with Crippen LogP contribution in [-0.4, -0.2) is 41.7 Å². The van der Waals surface area contributed by atoms with Gasteiger partial charge in [-0.2, -0.15) is 0 Å². The van der Waals surface area contributed by atoms with Crippen molar-refractivity contribution in [3.8, 4) is 11.5 Å². The number of carboxylic acid groups (broad SMARTS) is 1. The van der Waals surface area contributed by atoms with E-state index in [0.29, 0.717) is 36.1 Å². The molecule has 1 amide bonds. The van der Waals surface area contributed by atoms with Crippen LogP contribution >= 0.6 is 0 Å². The molecule has 1 saturated heterocycles. The molecule has 0 spiro atoms. The highest BCUT2D eigenvalue weighted by molar-refractivity contribution is 5.94. The molecule has 42 heavy (non-hydrogen) atoms. The number of carbonyl (C=O) groups is 2. The number of carbonyl (C=O) groups excluding carboxylic acids is 1. The fourth-order valence-corrected chi connectivity index (χ4v) is 4.56. The number of allylic oxidation sites excluding steroid dienone is 3. The summed E-state index contributed by atoms with van der Waals surface area (Å²) in [5.41, 5.74) is 2.79. The second-order valence-corrected chi connectivity index (χ2v) is 10.3. The minimum absolute atomic E-state index is 0.143. The third kappa shape index (κ3) is 8.83. The standard InChI is InChI=1S/C34H37N3O5/c1-4-5-29(34(39)40)20-25(3)41-23-26-16-18-37(19-17-26)32-15-8-27(21-35-32)22-36-33(38)28-9-13-31(14-10-28)42-30-11-6-24(2)7-12-30/h4-15,20-21,26H,1,16-19,22-23H2,2-3H3,(H,36,38)(H,39,40)/b25-20+,29-5+. The van der Waals surface area contributed by atoms with Crippen LogP contribution in [0.3, 0.4) is 0 Å². The van der Waals surface area contributed by atoms with Crippen molar-refractivity contribution in [3.05, 3.63) is 120 Å². The SMILES string of the molecule is C=C/C=C(\C=C(/C)OCC1CCN(c2ccc(CNC(=O)c3ccc(Oc4ccc(C)cc4)cc3)cn2)CC1)C(=O)O. The Labute approximate surface area is 247 Å². The van der Waals surface area contributed by atoms with Crippen LogP contribution in [0.4, 0.5) is 5.82 Å². The third-order valence-corrected chi connectivity index (χ3v) is 7.02. The average Bonchev–Trinajstić information content (AvgIpc) is 3.00. The molecule has 0 saturated carbocycles. The van der Waals surface area contributed by atoms with Gasteiger partial charge < -0.3 is 24.8 Å². The highest BCUT2D eigenvalue weighted by Gasteiger charge is 2.21. The van der Waals surface area contributed by atoms with Crippen molar-refractivity contribution in [2.45, 2.75) is 33.2 Å². The maximum absolute atomic E-state index is 12.7. The van der Waals surface area contributed by atoms with Crippen molar-refractivity contribution >= 4 is 17.7 Å². The molecule has 4 rings (SSSR count). The van der Waals surface area contributed by atoms with Gasteiger partial charge in [0.1, 0.15) is 17.3 Å². The molecular formula is C34H37N3O5. The number of rotatable bonds is 12. The first-order valence-corrected chi connectivity index (χ1v) is 14.0. The first-order valence-electron chi connectivity index (χ1n) is 14.0. The van der Waals surface area contributed by atoms with Crippen molar-refractivity contribution < 1.29 is 24.2 Å². The summed E-state index contributed by atoms with van der Waals surface area (Å²) in [5, 5.41) is 12.2. The Kier molecular flexibility index (Phi) is 10.5. The van der Waals surface area contributed by atoms with E-state index in [1.54, 1.807) is 37.4 Å². The molecule has 0 atom stereocenters. The van der Waals surface area contributed by atoms with E-state index >= 15 is 0 Å². The zero-order chi connectivity index (χ0) is 29.9. The van der Waals surface area contributed by atoms with Crippen LogP contribution in [0.25, 0.3) is 0 Å². The highest BCUT2D eigenvalue weighted by atomic mass is 16.5. The lowest BCUT2D eigenvalue weighted by molar-refractivity contribution is -0.132. The van der Waals surface area contributed by atoms with Crippen LogP contribution in [0, 0.1) is 12.8 Å². The molecule has 8 nitrogen and oxygen atoms in total. The maximum Gasteiger partial charge on any atom is 0.335 e. The minimum atomic E-state index is -1.01. The van der Waals surface area contributed by atoms with E-state index < -0.39 is 5.97 Å². The Balaban J connectivity index is 1.20. The summed E-state index contributed by atoms with van der Waals surface area (Å²) < 4.78 is 11.7. The summed E-state index contributed by atoms with van der Waals surface area (Å²) in [5.74, 6) is 2.12. The zero-order valence-electron chi connectivity index (χ0n) is 24.1. The summed E-state index contributed by atoms with van der Waals surface area (Å²) in [6.07, 6.45) is 8.12. The number of hydrogen-bond acceptors (Lipinski definition) is 6. The molecule has 1 aliphatic heterocycles. The number of amides is 1. The quantitative estimate of drug-likeness (QED) is 0.147. The molecule has 218 valence electrons. The van der Waals surface area contributed by atoms with Crippen molar-refractivity contribution in [2.24, 2.45) is 5.92 Å². The fourth-order valence-electron chi connectivity index (χ4n) is 4.56. The van der Waals surface area contributed by atoms with Gasteiger partial charge in [0, 0.05) is 31.4 Å². The van der Waals surface area contributed by atoms with Crippen molar-refractivity contribution in [1.29, 1.82) is 0 Å². The normalized spacial score (nSPS) is 14.3. The molecule has 0 radical (unpaired) electrons. The number of hydrogen-bond donors (Lipinski definition) is 2. The number of nitrogens with zero attached hydrogens (tertiary/aromatic N) is 2. The molecule has 8 heteroatoms. The van der Waals surface area contributed by atoms with Gasteiger partial charge in [-0.25, -0.2) is 9.78 Å². The summed E-state index contributed by atoms with van der Waals surface area (Å²) in [6.45, 7) is 9.99. The molecule has 2 heterocycles. The van der Waals surface area contributed by atoms with Gasteiger partial charge in [0.2, 0.25) is 0 Å². The Morgan fingerprint density at radius 3 is 2.31 bits per heavy atom. The number of benzene rings is 2. The number of ether oxygens (including phenoxy) is 2. The van der Waals surface area contributed by atoms with E-state index in [9.17, 15) is 14.7 Å². The Morgan fingerprint density at radius 1 is 1.05 bits per heavy atom. The van der Waals surface area contributed by atoms with Gasteiger partial charge in [-0.1, -0.05) is 36.4 Å². The first-order chi connectivity index (χ1) is 20.3. The number of aromatic nitrogens is 1.